The highest BCUT2D eigenvalue weighted by Gasteiger charge is 2.13. The Morgan fingerprint density at radius 3 is 2.00 bits per heavy atom. The Kier molecular flexibility index (Phi) is 6.74. The third kappa shape index (κ3) is 5.16. The van der Waals surface area contributed by atoms with Crippen molar-refractivity contribution in [2.75, 3.05) is 12.5 Å². The fourth-order valence-corrected chi connectivity index (χ4v) is 2.47. The summed E-state index contributed by atoms with van der Waals surface area (Å²) in [6.45, 7) is 0.506. The molecule has 1 unspecified atom stereocenters. The van der Waals surface area contributed by atoms with Gasteiger partial charge in [0.1, 0.15) is 0 Å². The quantitative estimate of drug-likeness (QED) is 0.728. The van der Waals surface area contributed by atoms with Crippen molar-refractivity contribution >= 4 is 11.6 Å². The lowest BCUT2D eigenvalue weighted by atomic mass is 10.1. The molecule has 0 saturated heterocycles. The van der Waals surface area contributed by atoms with E-state index < -0.39 is 6.10 Å². The second kappa shape index (κ2) is 8.83. The van der Waals surface area contributed by atoms with Crippen molar-refractivity contribution in [3.63, 3.8) is 0 Å². The molecule has 0 fully saturated rings. The molecule has 112 valence electrons. The van der Waals surface area contributed by atoms with E-state index in [4.69, 9.17) is 16.3 Å². The standard InChI is InChI=1S/C18H21ClO2/c19-13-11-18(16-9-5-2-6-10-16)21-14-12-17(20)15-7-3-1-4-8-15/h1-10,17-18,20H,11-14H2/t17?,18-/m1/s1. The van der Waals surface area contributed by atoms with Crippen LogP contribution in [0.25, 0.3) is 0 Å². The summed E-state index contributed by atoms with van der Waals surface area (Å²) in [5.74, 6) is 0.556. The van der Waals surface area contributed by atoms with Gasteiger partial charge >= 0.3 is 0 Å². The number of benzene rings is 2. The Balaban J connectivity index is 1.85. The average Bonchev–Trinajstić information content (AvgIpc) is 2.55. The Morgan fingerprint density at radius 1 is 0.857 bits per heavy atom. The number of alkyl halides is 1. The molecule has 2 nitrogen and oxygen atoms in total. The average molecular weight is 305 g/mol. The molecule has 0 amide bonds. The Hall–Kier alpha value is -1.35. The molecule has 1 N–H and O–H groups in total. The highest BCUT2D eigenvalue weighted by atomic mass is 35.5. The first-order chi connectivity index (χ1) is 10.3. The second-order valence-electron chi connectivity index (χ2n) is 4.96. The fraction of sp³-hybridized carbons (Fsp3) is 0.333. The molecule has 0 heterocycles. The molecule has 2 rings (SSSR count). The Bertz CT molecular complexity index is 501. The van der Waals surface area contributed by atoms with E-state index >= 15 is 0 Å². The van der Waals surface area contributed by atoms with Crippen LogP contribution in [0.1, 0.15) is 36.2 Å². The summed E-state index contributed by atoms with van der Waals surface area (Å²) in [5, 5.41) is 10.1. The molecule has 21 heavy (non-hydrogen) atoms. The van der Waals surface area contributed by atoms with Crippen molar-refractivity contribution in [3.8, 4) is 0 Å². The zero-order valence-electron chi connectivity index (χ0n) is 12.0. The van der Waals surface area contributed by atoms with Crippen LogP contribution in [-0.4, -0.2) is 17.6 Å². The maximum atomic E-state index is 10.1. The number of ether oxygens (including phenoxy) is 1. The van der Waals surface area contributed by atoms with Crippen LogP contribution in [0.2, 0.25) is 0 Å². The van der Waals surface area contributed by atoms with Crippen LogP contribution in [0.15, 0.2) is 60.7 Å². The van der Waals surface area contributed by atoms with Gasteiger partial charge in [-0.2, -0.15) is 0 Å². The van der Waals surface area contributed by atoms with Crippen LogP contribution in [0.4, 0.5) is 0 Å². The summed E-state index contributed by atoms with van der Waals surface area (Å²) in [5.41, 5.74) is 2.06. The molecule has 0 spiro atoms. The highest BCUT2D eigenvalue weighted by molar-refractivity contribution is 6.17. The molecule has 0 bridgehead atoms. The van der Waals surface area contributed by atoms with E-state index in [-0.39, 0.29) is 6.10 Å². The van der Waals surface area contributed by atoms with E-state index in [1.54, 1.807) is 0 Å². The minimum atomic E-state index is -0.487. The van der Waals surface area contributed by atoms with Gasteiger partial charge in [-0.15, -0.1) is 11.6 Å². The number of aliphatic hydroxyl groups is 1. The van der Waals surface area contributed by atoms with E-state index in [9.17, 15) is 5.11 Å². The van der Waals surface area contributed by atoms with Crippen LogP contribution < -0.4 is 0 Å². The third-order valence-corrected chi connectivity index (χ3v) is 3.66. The number of aliphatic hydroxyl groups excluding tert-OH is 1. The predicted molar refractivity (Wildman–Crippen MR) is 86.5 cm³/mol. The topological polar surface area (TPSA) is 29.5 Å². The summed E-state index contributed by atoms with van der Waals surface area (Å²) < 4.78 is 5.92. The highest BCUT2D eigenvalue weighted by Crippen LogP contribution is 2.23. The van der Waals surface area contributed by atoms with Crippen LogP contribution >= 0.6 is 11.6 Å². The van der Waals surface area contributed by atoms with Gasteiger partial charge in [-0.05, 0) is 17.5 Å². The van der Waals surface area contributed by atoms with Gasteiger partial charge in [-0.3, -0.25) is 0 Å². The zero-order valence-corrected chi connectivity index (χ0v) is 12.7. The van der Waals surface area contributed by atoms with Crippen molar-refractivity contribution in [2.24, 2.45) is 0 Å². The minimum Gasteiger partial charge on any atom is -0.388 e. The summed E-state index contributed by atoms with van der Waals surface area (Å²) in [7, 11) is 0. The molecule has 0 aliphatic rings. The minimum absolute atomic E-state index is 0.00771. The molecular weight excluding hydrogens is 284 g/mol. The molecule has 2 aromatic rings. The van der Waals surface area contributed by atoms with E-state index in [2.05, 4.69) is 0 Å². The fourth-order valence-electron chi connectivity index (χ4n) is 2.28. The molecule has 3 heteroatoms. The SMILES string of the molecule is OC(CCO[C@H](CCCl)c1ccccc1)c1ccccc1. The lowest BCUT2D eigenvalue weighted by Gasteiger charge is -2.19. The largest absolute Gasteiger partial charge is 0.388 e. The molecule has 0 aliphatic heterocycles. The predicted octanol–water partition coefficient (Wildman–Crippen LogP) is 4.50. The van der Waals surface area contributed by atoms with Gasteiger partial charge in [0.15, 0.2) is 0 Å². The van der Waals surface area contributed by atoms with E-state index in [0.29, 0.717) is 18.9 Å². The maximum absolute atomic E-state index is 10.1. The third-order valence-electron chi connectivity index (χ3n) is 3.44. The molecule has 0 saturated carbocycles. The number of hydrogen-bond donors (Lipinski definition) is 1. The van der Waals surface area contributed by atoms with Crippen molar-refractivity contribution in [1.82, 2.24) is 0 Å². The number of halogens is 1. The lowest BCUT2D eigenvalue weighted by Crippen LogP contribution is -2.09. The van der Waals surface area contributed by atoms with E-state index in [0.717, 1.165) is 17.5 Å². The van der Waals surface area contributed by atoms with Gasteiger partial charge in [0.25, 0.3) is 0 Å². The summed E-state index contributed by atoms with van der Waals surface area (Å²) >= 11 is 5.85. The van der Waals surface area contributed by atoms with Crippen LogP contribution in [-0.2, 0) is 4.74 Å². The normalized spacial score (nSPS) is 13.8. The summed E-state index contributed by atoms with van der Waals surface area (Å²) in [6, 6.07) is 19.7. The smallest absolute Gasteiger partial charge is 0.0836 e. The zero-order chi connectivity index (χ0) is 14.9. The first-order valence-electron chi connectivity index (χ1n) is 7.27. The molecule has 0 aromatic heterocycles. The van der Waals surface area contributed by atoms with Crippen molar-refractivity contribution < 1.29 is 9.84 Å². The van der Waals surface area contributed by atoms with Crippen LogP contribution in [0.5, 0.6) is 0 Å². The van der Waals surface area contributed by atoms with Gasteiger partial charge in [-0.1, -0.05) is 60.7 Å². The van der Waals surface area contributed by atoms with Crippen molar-refractivity contribution in [1.29, 1.82) is 0 Å². The lowest BCUT2D eigenvalue weighted by molar-refractivity contribution is 0.0254. The Labute approximate surface area is 131 Å². The van der Waals surface area contributed by atoms with E-state index in [1.165, 1.54) is 0 Å². The van der Waals surface area contributed by atoms with Gasteiger partial charge in [0.05, 0.1) is 18.8 Å². The van der Waals surface area contributed by atoms with Crippen molar-refractivity contribution in [3.05, 3.63) is 71.8 Å². The first-order valence-corrected chi connectivity index (χ1v) is 7.80. The first kappa shape index (κ1) is 16.0. The summed E-state index contributed by atoms with van der Waals surface area (Å²) in [6.07, 6.45) is 0.855. The van der Waals surface area contributed by atoms with Crippen LogP contribution in [0.3, 0.4) is 0 Å². The van der Waals surface area contributed by atoms with Gasteiger partial charge in [0.2, 0.25) is 0 Å². The molecule has 0 radical (unpaired) electrons. The molecule has 0 aliphatic carbocycles. The Morgan fingerprint density at radius 2 is 1.43 bits per heavy atom. The van der Waals surface area contributed by atoms with Gasteiger partial charge in [-0.25, -0.2) is 0 Å². The maximum Gasteiger partial charge on any atom is 0.0836 e. The van der Waals surface area contributed by atoms with Gasteiger partial charge in [0, 0.05) is 12.3 Å². The molecule has 2 atom stereocenters. The van der Waals surface area contributed by atoms with Crippen LogP contribution in [0, 0.1) is 0 Å². The van der Waals surface area contributed by atoms with Crippen molar-refractivity contribution in [2.45, 2.75) is 25.0 Å². The monoisotopic (exact) mass is 304 g/mol. The van der Waals surface area contributed by atoms with Gasteiger partial charge < -0.3 is 9.84 Å². The number of hydrogen-bond acceptors (Lipinski definition) is 2. The molecular formula is C18H21ClO2. The molecule has 2 aromatic carbocycles. The number of rotatable bonds is 8. The second-order valence-corrected chi connectivity index (χ2v) is 5.34. The summed E-state index contributed by atoms with van der Waals surface area (Å²) in [4.78, 5) is 0. The van der Waals surface area contributed by atoms with E-state index in [1.807, 2.05) is 60.7 Å².